The number of morpholine rings is 1. The average Bonchev–Trinajstić information content (AvgIpc) is 2.29. The molecule has 0 aromatic carbocycles. The molecule has 1 aromatic heterocycles. The van der Waals surface area contributed by atoms with Crippen molar-refractivity contribution < 1.29 is 4.74 Å². The molecule has 2 heterocycles. The molecule has 0 aliphatic carbocycles. The number of ether oxygens (including phenoxy) is 1. The summed E-state index contributed by atoms with van der Waals surface area (Å²) in [6.07, 6.45) is 1.75. The van der Waals surface area contributed by atoms with Crippen LogP contribution < -0.4 is 4.90 Å². The number of aryl methyl sites for hydroxylation is 1. The Morgan fingerprint density at radius 2 is 2.53 bits per heavy atom. The highest BCUT2D eigenvalue weighted by atomic mass is 35.5. The van der Waals surface area contributed by atoms with Crippen LogP contribution in [0.2, 0.25) is 0 Å². The van der Waals surface area contributed by atoms with E-state index in [4.69, 9.17) is 16.3 Å². The maximum Gasteiger partial charge on any atom is 0.151 e. The van der Waals surface area contributed by atoms with Crippen LogP contribution in [0.1, 0.15) is 5.56 Å². The van der Waals surface area contributed by atoms with Gasteiger partial charge < -0.3 is 9.64 Å². The maximum absolute atomic E-state index is 5.89. The molecule has 0 N–H and O–H groups in total. The lowest BCUT2D eigenvalue weighted by molar-refractivity contribution is 0.0993. The predicted molar refractivity (Wildman–Crippen MR) is 59.4 cm³/mol. The fourth-order valence-corrected chi connectivity index (χ4v) is 1.93. The largest absolute Gasteiger partial charge is 0.377 e. The van der Waals surface area contributed by atoms with E-state index in [2.05, 4.69) is 15.1 Å². The number of aromatic nitrogens is 2. The van der Waals surface area contributed by atoms with Crippen molar-refractivity contribution in [3.05, 3.63) is 17.8 Å². The lowest BCUT2D eigenvalue weighted by atomic mass is 10.2. The van der Waals surface area contributed by atoms with Gasteiger partial charge in [0.2, 0.25) is 0 Å². The summed E-state index contributed by atoms with van der Waals surface area (Å²) >= 11 is 5.89. The molecule has 0 radical (unpaired) electrons. The van der Waals surface area contributed by atoms with Crippen molar-refractivity contribution >= 4 is 17.4 Å². The maximum atomic E-state index is 5.89. The summed E-state index contributed by atoms with van der Waals surface area (Å²) in [5.74, 6) is 1.44. The van der Waals surface area contributed by atoms with Crippen LogP contribution in [0.5, 0.6) is 0 Å². The van der Waals surface area contributed by atoms with Crippen molar-refractivity contribution in [2.45, 2.75) is 13.0 Å². The summed E-state index contributed by atoms with van der Waals surface area (Å²) < 4.78 is 5.38. The molecular weight excluding hydrogens is 214 g/mol. The zero-order valence-electron chi connectivity index (χ0n) is 8.69. The summed E-state index contributed by atoms with van der Waals surface area (Å²) in [4.78, 5) is 2.16. The molecule has 1 unspecified atom stereocenters. The van der Waals surface area contributed by atoms with Gasteiger partial charge in [0.05, 0.1) is 25.5 Å². The van der Waals surface area contributed by atoms with E-state index in [1.807, 2.05) is 13.0 Å². The van der Waals surface area contributed by atoms with Gasteiger partial charge in [-0.15, -0.1) is 16.7 Å². The van der Waals surface area contributed by atoms with Crippen LogP contribution in [0.4, 0.5) is 5.82 Å². The Bertz CT molecular complexity index is 334. The van der Waals surface area contributed by atoms with Crippen LogP contribution >= 0.6 is 11.6 Å². The number of nitrogens with zero attached hydrogens (tertiary/aromatic N) is 3. The van der Waals surface area contributed by atoms with Gasteiger partial charge in [0.15, 0.2) is 5.82 Å². The second-order valence-corrected chi connectivity index (χ2v) is 3.98. The third-order valence-electron chi connectivity index (χ3n) is 2.48. The van der Waals surface area contributed by atoms with Gasteiger partial charge in [-0.1, -0.05) is 0 Å². The zero-order valence-corrected chi connectivity index (χ0v) is 9.44. The van der Waals surface area contributed by atoms with Crippen molar-refractivity contribution in [3.63, 3.8) is 0 Å². The Kier molecular flexibility index (Phi) is 3.38. The summed E-state index contributed by atoms with van der Waals surface area (Å²) in [7, 11) is 0. The molecule has 1 aliphatic rings. The van der Waals surface area contributed by atoms with Crippen molar-refractivity contribution in [2.75, 3.05) is 30.5 Å². The fourth-order valence-electron chi connectivity index (χ4n) is 1.67. The third-order valence-corrected chi connectivity index (χ3v) is 2.83. The standard InChI is InChI=1S/C10H14ClN3O/c1-8-4-10(13-12-6-8)14-2-3-15-7-9(14)5-11/h4,6,9H,2-3,5,7H2,1H3. The van der Waals surface area contributed by atoms with E-state index < -0.39 is 0 Å². The monoisotopic (exact) mass is 227 g/mol. The molecule has 0 bridgehead atoms. The van der Waals surface area contributed by atoms with Gasteiger partial charge in [0.1, 0.15) is 0 Å². The van der Waals surface area contributed by atoms with Crippen LogP contribution in [0.3, 0.4) is 0 Å². The van der Waals surface area contributed by atoms with Gasteiger partial charge in [-0.3, -0.25) is 0 Å². The number of rotatable bonds is 2. The Balaban J connectivity index is 2.20. The van der Waals surface area contributed by atoms with E-state index >= 15 is 0 Å². The Hall–Kier alpha value is -0.870. The van der Waals surface area contributed by atoms with E-state index in [0.29, 0.717) is 12.5 Å². The third kappa shape index (κ3) is 2.38. The van der Waals surface area contributed by atoms with Crippen molar-refractivity contribution in [2.24, 2.45) is 0 Å². The van der Waals surface area contributed by atoms with Crippen molar-refractivity contribution in [1.29, 1.82) is 0 Å². The van der Waals surface area contributed by atoms with Crippen LogP contribution in [0.15, 0.2) is 12.3 Å². The molecule has 0 spiro atoms. The van der Waals surface area contributed by atoms with Crippen LogP contribution in [-0.2, 0) is 4.74 Å². The quantitative estimate of drug-likeness (QED) is 0.713. The van der Waals surface area contributed by atoms with Gasteiger partial charge in [0.25, 0.3) is 0 Å². The van der Waals surface area contributed by atoms with Gasteiger partial charge >= 0.3 is 0 Å². The predicted octanol–water partition coefficient (Wildman–Crippen LogP) is 1.23. The molecule has 82 valence electrons. The van der Waals surface area contributed by atoms with Crippen molar-refractivity contribution in [3.8, 4) is 0 Å². The van der Waals surface area contributed by atoms with Crippen LogP contribution in [0.25, 0.3) is 0 Å². The normalized spacial score (nSPS) is 21.7. The number of alkyl halides is 1. The second-order valence-electron chi connectivity index (χ2n) is 3.67. The smallest absolute Gasteiger partial charge is 0.151 e. The topological polar surface area (TPSA) is 38.2 Å². The first-order chi connectivity index (χ1) is 7.31. The Morgan fingerprint density at radius 3 is 3.27 bits per heavy atom. The average molecular weight is 228 g/mol. The van der Waals surface area contributed by atoms with E-state index in [-0.39, 0.29) is 6.04 Å². The molecule has 1 aromatic rings. The molecule has 1 fully saturated rings. The lowest BCUT2D eigenvalue weighted by Crippen LogP contribution is -2.47. The molecule has 1 aliphatic heterocycles. The summed E-state index contributed by atoms with van der Waals surface area (Å²) in [5, 5.41) is 8.08. The Labute approximate surface area is 94.2 Å². The highest BCUT2D eigenvalue weighted by molar-refractivity contribution is 6.18. The molecule has 5 heteroatoms. The van der Waals surface area contributed by atoms with Crippen molar-refractivity contribution in [1.82, 2.24) is 10.2 Å². The summed E-state index contributed by atoms with van der Waals surface area (Å²) in [6, 6.07) is 2.23. The van der Waals surface area contributed by atoms with E-state index in [0.717, 1.165) is 24.5 Å². The minimum Gasteiger partial charge on any atom is -0.377 e. The van der Waals surface area contributed by atoms with Crippen LogP contribution in [-0.4, -0.2) is 41.9 Å². The highest BCUT2D eigenvalue weighted by Crippen LogP contribution is 2.17. The molecule has 15 heavy (non-hydrogen) atoms. The fraction of sp³-hybridized carbons (Fsp3) is 0.600. The SMILES string of the molecule is Cc1cnnc(N2CCOCC2CCl)c1. The number of halogens is 1. The first-order valence-corrected chi connectivity index (χ1v) is 5.54. The van der Waals surface area contributed by atoms with E-state index in [1.54, 1.807) is 6.20 Å². The number of anilines is 1. The first-order valence-electron chi connectivity index (χ1n) is 5.01. The van der Waals surface area contributed by atoms with E-state index in [1.165, 1.54) is 0 Å². The lowest BCUT2D eigenvalue weighted by Gasteiger charge is -2.35. The molecular formula is C10H14ClN3O. The second kappa shape index (κ2) is 4.77. The minimum atomic E-state index is 0.205. The Morgan fingerprint density at radius 1 is 1.67 bits per heavy atom. The van der Waals surface area contributed by atoms with Gasteiger partial charge in [-0.2, -0.15) is 5.10 Å². The number of hydrogen-bond acceptors (Lipinski definition) is 4. The van der Waals surface area contributed by atoms with E-state index in [9.17, 15) is 0 Å². The molecule has 1 saturated heterocycles. The molecule has 0 amide bonds. The number of hydrogen-bond donors (Lipinski definition) is 0. The summed E-state index contributed by atoms with van der Waals surface area (Å²) in [5.41, 5.74) is 1.11. The zero-order chi connectivity index (χ0) is 10.7. The molecule has 0 saturated carbocycles. The highest BCUT2D eigenvalue weighted by Gasteiger charge is 2.23. The molecule has 4 nitrogen and oxygen atoms in total. The van der Waals surface area contributed by atoms with Crippen LogP contribution in [0, 0.1) is 6.92 Å². The van der Waals surface area contributed by atoms with Gasteiger partial charge in [-0.25, -0.2) is 0 Å². The summed E-state index contributed by atoms with van der Waals surface area (Å²) in [6.45, 7) is 4.23. The first kappa shape index (κ1) is 10.6. The molecule has 2 rings (SSSR count). The molecule has 1 atom stereocenters. The van der Waals surface area contributed by atoms with Gasteiger partial charge in [0, 0.05) is 12.4 Å². The minimum absolute atomic E-state index is 0.205. The van der Waals surface area contributed by atoms with Gasteiger partial charge in [-0.05, 0) is 18.6 Å².